The second-order valence-corrected chi connectivity index (χ2v) is 8.44. The van der Waals surface area contributed by atoms with Gasteiger partial charge >= 0.3 is 0 Å². The SMILES string of the molecule is CCN(CC(C)(C)O)S(=O)(=O)N1C[C@H](C)C[C@H](C)C1. The van der Waals surface area contributed by atoms with Crippen LogP contribution in [-0.4, -0.2) is 53.9 Å². The molecule has 114 valence electrons. The van der Waals surface area contributed by atoms with Crippen molar-refractivity contribution in [3.8, 4) is 0 Å². The highest BCUT2D eigenvalue weighted by atomic mass is 32.2. The van der Waals surface area contributed by atoms with Crippen molar-refractivity contribution in [1.29, 1.82) is 0 Å². The van der Waals surface area contributed by atoms with Crippen LogP contribution in [0.25, 0.3) is 0 Å². The molecular formula is C13H28N2O3S. The van der Waals surface area contributed by atoms with Crippen molar-refractivity contribution in [2.75, 3.05) is 26.2 Å². The lowest BCUT2D eigenvalue weighted by Gasteiger charge is -2.38. The van der Waals surface area contributed by atoms with Crippen LogP contribution in [-0.2, 0) is 10.2 Å². The summed E-state index contributed by atoms with van der Waals surface area (Å²) >= 11 is 0. The van der Waals surface area contributed by atoms with Crippen molar-refractivity contribution in [2.45, 2.75) is 46.6 Å². The number of piperidine rings is 1. The maximum Gasteiger partial charge on any atom is 0.282 e. The smallest absolute Gasteiger partial charge is 0.282 e. The van der Waals surface area contributed by atoms with Crippen molar-refractivity contribution in [2.24, 2.45) is 11.8 Å². The predicted molar refractivity (Wildman–Crippen MR) is 77.0 cm³/mol. The maximum atomic E-state index is 12.6. The van der Waals surface area contributed by atoms with Gasteiger partial charge in [-0.1, -0.05) is 20.8 Å². The van der Waals surface area contributed by atoms with Crippen LogP contribution in [0.5, 0.6) is 0 Å². The van der Waals surface area contributed by atoms with E-state index in [1.54, 1.807) is 25.1 Å². The normalized spacial score (nSPS) is 26.9. The van der Waals surface area contributed by atoms with Crippen LogP contribution in [0.3, 0.4) is 0 Å². The van der Waals surface area contributed by atoms with Crippen LogP contribution >= 0.6 is 0 Å². The van der Waals surface area contributed by atoms with E-state index in [1.165, 1.54) is 4.31 Å². The summed E-state index contributed by atoms with van der Waals surface area (Å²) in [5, 5.41) is 9.86. The molecule has 5 nitrogen and oxygen atoms in total. The zero-order chi connectivity index (χ0) is 14.8. The highest BCUT2D eigenvalue weighted by Gasteiger charge is 2.35. The van der Waals surface area contributed by atoms with Gasteiger partial charge < -0.3 is 5.11 Å². The van der Waals surface area contributed by atoms with Gasteiger partial charge in [0.1, 0.15) is 0 Å². The zero-order valence-corrected chi connectivity index (χ0v) is 13.6. The van der Waals surface area contributed by atoms with E-state index in [0.29, 0.717) is 31.5 Å². The van der Waals surface area contributed by atoms with Crippen LogP contribution in [0, 0.1) is 11.8 Å². The summed E-state index contributed by atoms with van der Waals surface area (Å²) in [5.41, 5.74) is -1.02. The Morgan fingerprint density at radius 2 is 1.74 bits per heavy atom. The van der Waals surface area contributed by atoms with Gasteiger partial charge in [-0.05, 0) is 32.1 Å². The Morgan fingerprint density at radius 1 is 1.26 bits per heavy atom. The first-order valence-electron chi connectivity index (χ1n) is 7.04. The molecule has 1 heterocycles. The quantitative estimate of drug-likeness (QED) is 0.831. The fourth-order valence-electron chi connectivity index (χ4n) is 2.75. The topological polar surface area (TPSA) is 60.9 Å². The largest absolute Gasteiger partial charge is 0.389 e. The molecule has 0 saturated carbocycles. The van der Waals surface area contributed by atoms with Crippen molar-refractivity contribution < 1.29 is 13.5 Å². The van der Waals surface area contributed by atoms with Crippen molar-refractivity contribution in [3.05, 3.63) is 0 Å². The summed E-state index contributed by atoms with van der Waals surface area (Å²) in [5.74, 6) is 0.777. The number of likely N-dealkylation sites (N-methyl/N-ethyl adjacent to an activating group) is 1. The van der Waals surface area contributed by atoms with E-state index in [9.17, 15) is 13.5 Å². The molecular weight excluding hydrogens is 264 g/mol. The minimum absolute atomic E-state index is 0.130. The molecule has 0 unspecified atom stereocenters. The van der Waals surface area contributed by atoms with E-state index in [-0.39, 0.29) is 6.54 Å². The minimum Gasteiger partial charge on any atom is -0.389 e. The van der Waals surface area contributed by atoms with Crippen molar-refractivity contribution in [3.63, 3.8) is 0 Å². The molecule has 1 rings (SSSR count). The predicted octanol–water partition coefficient (Wildman–Crippen LogP) is 1.30. The fourth-order valence-corrected chi connectivity index (χ4v) is 4.76. The van der Waals surface area contributed by atoms with E-state index in [2.05, 4.69) is 13.8 Å². The average Bonchev–Trinajstić information content (AvgIpc) is 2.23. The molecule has 0 aliphatic carbocycles. The molecule has 0 aromatic carbocycles. The molecule has 0 spiro atoms. The molecule has 1 saturated heterocycles. The summed E-state index contributed by atoms with van der Waals surface area (Å²) in [7, 11) is -3.47. The summed E-state index contributed by atoms with van der Waals surface area (Å²) in [6.45, 7) is 10.9. The summed E-state index contributed by atoms with van der Waals surface area (Å²) in [6, 6.07) is 0. The summed E-state index contributed by atoms with van der Waals surface area (Å²) < 4.78 is 28.2. The molecule has 1 aliphatic heterocycles. The van der Waals surface area contributed by atoms with E-state index < -0.39 is 15.8 Å². The monoisotopic (exact) mass is 292 g/mol. The highest BCUT2D eigenvalue weighted by Crippen LogP contribution is 2.25. The zero-order valence-electron chi connectivity index (χ0n) is 12.8. The van der Waals surface area contributed by atoms with Crippen LogP contribution < -0.4 is 0 Å². The summed E-state index contributed by atoms with van der Waals surface area (Å²) in [4.78, 5) is 0. The van der Waals surface area contributed by atoms with Crippen LogP contribution in [0.4, 0.5) is 0 Å². The molecule has 0 amide bonds. The molecule has 19 heavy (non-hydrogen) atoms. The van der Waals surface area contributed by atoms with E-state index in [1.807, 2.05) is 0 Å². The van der Waals surface area contributed by atoms with Gasteiger partial charge in [-0.2, -0.15) is 17.0 Å². The highest BCUT2D eigenvalue weighted by molar-refractivity contribution is 7.86. The number of hydrogen-bond acceptors (Lipinski definition) is 3. The third-order valence-electron chi connectivity index (χ3n) is 3.40. The average molecular weight is 292 g/mol. The molecule has 0 aromatic rings. The molecule has 6 heteroatoms. The molecule has 0 bridgehead atoms. The Labute approximate surface area is 117 Å². The molecule has 0 aromatic heterocycles. The van der Waals surface area contributed by atoms with Gasteiger partial charge in [0.05, 0.1) is 5.60 Å². The van der Waals surface area contributed by atoms with Gasteiger partial charge in [0, 0.05) is 26.2 Å². The lowest BCUT2D eigenvalue weighted by molar-refractivity contribution is 0.0575. The third kappa shape index (κ3) is 4.70. The third-order valence-corrected chi connectivity index (χ3v) is 5.39. The van der Waals surface area contributed by atoms with Gasteiger partial charge in [-0.15, -0.1) is 0 Å². The number of aliphatic hydroxyl groups is 1. The van der Waals surface area contributed by atoms with Gasteiger partial charge in [0.15, 0.2) is 0 Å². The molecule has 1 fully saturated rings. The minimum atomic E-state index is -3.47. The standard InChI is InChI=1S/C13H28N2O3S/c1-6-14(10-13(4,5)16)19(17,18)15-8-11(2)7-12(3)9-15/h11-12,16H,6-10H2,1-5H3/t11-,12+. The molecule has 1 aliphatic rings. The Morgan fingerprint density at radius 3 is 2.11 bits per heavy atom. The summed E-state index contributed by atoms with van der Waals surface area (Å²) in [6.07, 6.45) is 1.07. The molecule has 2 atom stereocenters. The Bertz CT molecular complexity index is 371. The Kier molecular flexibility index (Phi) is 5.40. The molecule has 0 radical (unpaired) electrons. The lowest BCUT2D eigenvalue weighted by atomic mass is 9.94. The first kappa shape index (κ1) is 16.9. The van der Waals surface area contributed by atoms with Gasteiger partial charge in [-0.3, -0.25) is 0 Å². The first-order chi connectivity index (χ1) is 8.56. The van der Waals surface area contributed by atoms with Gasteiger partial charge in [0.25, 0.3) is 10.2 Å². The van der Waals surface area contributed by atoms with Crippen LogP contribution in [0.2, 0.25) is 0 Å². The van der Waals surface area contributed by atoms with Crippen LogP contribution in [0.15, 0.2) is 0 Å². The molecule has 1 N–H and O–H groups in total. The fraction of sp³-hybridized carbons (Fsp3) is 1.00. The van der Waals surface area contributed by atoms with Gasteiger partial charge in [0.2, 0.25) is 0 Å². The second kappa shape index (κ2) is 6.08. The number of rotatable bonds is 5. The van der Waals surface area contributed by atoms with Crippen molar-refractivity contribution >= 4 is 10.2 Å². The lowest BCUT2D eigenvalue weighted by Crippen LogP contribution is -2.52. The van der Waals surface area contributed by atoms with E-state index >= 15 is 0 Å². The number of nitrogens with zero attached hydrogens (tertiary/aromatic N) is 2. The van der Waals surface area contributed by atoms with Crippen molar-refractivity contribution in [1.82, 2.24) is 8.61 Å². The maximum absolute atomic E-state index is 12.6. The van der Waals surface area contributed by atoms with E-state index in [0.717, 1.165) is 6.42 Å². The van der Waals surface area contributed by atoms with Gasteiger partial charge in [-0.25, -0.2) is 0 Å². The Hall–Kier alpha value is -0.170. The Balaban J connectivity index is 2.88. The second-order valence-electron chi connectivity index (χ2n) is 6.51. The number of hydrogen-bond donors (Lipinski definition) is 1. The van der Waals surface area contributed by atoms with E-state index in [4.69, 9.17) is 0 Å². The first-order valence-corrected chi connectivity index (χ1v) is 8.43. The van der Waals surface area contributed by atoms with Crippen LogP contribution in [0.1, 0.15) is 41.0 Å².